The van der Waals surface area contributed by atoms with E-state index in [-0.39, 0.29) is 0 Å². The van der Waals surface area contributed by atoms with E-state index in [4.69, 9.17) is 0 Å². The average Bonchev–Trinajstić information content (AvgIpc) is 2.50. The van der Waals surface area contributed by atoms with Crippen molar-refractivity contribution in [2.75, 3.05) is 0 Å². The lowest BCUT2D eigenvalue weighted by Crippen LogP contribution is -2.10. The maximum absolute atomic E-state index is 10.8. The molecule has 0 radical (unpaired) electrons. The molecule has 0 aliphatic heterocycles. The smallest absolute Gasteiger partial charge is 0.114 e. The first-order valence-electron chi connectivity index (χ1n) is 7.26. The lowest BCUT2D eigenvalue weighted by Gasteiger charge is -2.24. The molecule has 2 heteroatoms. The van der Waals surface area contributed by atoms with Crippen LogP contribution in [0.4, 0.5) is 0 Å². The van der Waals surface area contributed by atoms with Gasteiger partial charge in [0.05, 0.1) is 0 Å². The topological polar surface area (TPSA) is 29.4 Å². The first-order valence-corrected chi connectivity index (χ1v) is 7.26. The summed E-state index contributed by atoms with van der Waals surface area (Å²) in [5, 5.41) is 3.04. The standard InChI is InChI=1S/C15H21NO.C2H6/c1-4-9-14(15(5-2)16-17)12(3)13-10-7-6-8-11-13;1-2/h4-5,9,13H,2-3,6-8,10-11H2,1H3;1-2H3/b9-4-,15-14-;. The Morgan fingerprint density at radius 2 is 1.79 bits per heavy atom. The van der Waals surface area contributed by atoms with Crippen LogP contribution in [0.15, 0.2) is 53.4 Å². The molecular formula is C17H27NO. The van der Waals surface area contributed by atoms with Gasteiger partial charge in [0, 0.05) is 5.57 Å². The van der Waals surface area contributed by atoms with Crippen LogP contribution < -0.4 is 0 Å². The van der Waals surface area contributed by atoms with E-state index in [9.17, 15) is 4.91 Å². The summed E-state index contributed by atoms with van der Waals surface area (Å²) in [6, 6.07) is 0. The lowest BCUT2D eigenvalue weighted by molar-refractivity contribution is 0.407. The molecule has 1 fully saturated rings. The van der Waals surface area contributed by atoms with Crippen LogP contribution in [0.2, 0.25) is 0 Å². The summed E-state index contributed by atoms with van der Waals surface area (Å²) >= 11 is 0. The fraction of sp³-hybridized carbons (Fsp3) is 0.529. The SMILES string of the molecule is C=C/C(N=O)=C(\C=C/C)C(=C)C1CCCCC1.CC. The first-order chi connectivity index (χ1) is 9.24. The second kappa shape index (κ2) is 10.5. The highest BCUT2D eigenvalue weighted by molar-refractivity contribution is 5.46. The van der Waals surface area contributed by atoms with Crippen LogP contribution in [-0.2, 0) is 0 Å². The van der Waals surface area contributed by atoms with Gasteiger partial charge in [0.2, 0.25) is 0 Å². The van der Waals surface area contributed by atoms with Gasteiger partial charge in [-0.3, -0.25) is 0 Å². The van der Waals surface area contributed by atoms with E-state index in [1.54, 1.807) is 0 Å². The van der Waals surface area contributed by atoms with Gasteiger partial charge in [0.25, 0.3) is 0 Å². The van der Waals surface area contributed by atoms with Gasteiger partial charge in [-0.1, -0.05) is 58.4 Å². The van der Waals surface area contributed by atoms with Crippen LogP contribution in [0.25, 0.3) is 0 Å². The van der Waals surface area contributed by atoms with Crippen molar-refractivity contribution in [2.24, 2.45) is 11.1 Å². The minimum absolute atomic E-state index is 0.402. The second-order valence-corrected chi connectivity index (χ2v) is 4.45. The highest BCUT2D eigenvalue weighted by atomic mass is 16.3. The number of rotatable bonds is 5. The summed E-state index contributed by atoms with van der Waals surface area (Å²) in [5.74, 6) is 0.492. The van der Waals surface area contributed by atoms with Gasteiger partial charge in [-0.2, -0.15) is 0 Å². The van der Waals surface area contributed by atoms with E-state index in [0.29, 0.717) is 11.6 Å². The van der Waals surface area contributed by atoms with Crippen molar-refractivity contribution in [1.82, 2.24) is 0 Å². The van der Waals surface area contributed by atoms with Gasteiger partial charge in [0.1, 0.15) is 5.70 Å². The minimum atomic E-state index is 0.402. The van der Waals surface area contributed by atoms with Gasteiger partial charge in [0.15, 0.2) is 0 Å². The van der Waals surface area contributed by atoms with Crippen molar-refractivity contribution in [1.29, 1.82) is 0 Å². The molecule has 106 valence electrons. The van der Waals surface area contributed by atoms with Crippen LogP contribution in [0.3, 0.4) is 0 Å². The van der Waals surface area contributed by atoms with Crippen LogP contribution >= 0.6 is 0 Å². The maximum atomic E-state index is 10.8. The van der Waals surface area contributed by atoms with E-state index in [1.807, 2.05) is 32.9 Å². The molecule has 0 bridgehead atoms. The molecular weight excluding hydrogens is 234 g/mol. The van der Waals surface area contributed by atoms with Crippen LogP contribution in [0.1, 0.15) is 52.9 Å². The van der Waals surface area contributed by atoms with Crippen LogP contribution in [-0.4, -0.2) is 0 Å². The fourth-order valence-electron chi connectivity index (χ4n) is 2.39. The molecule has 0 aromatic heterocycles. The van der Waals surface area contributed by atoms with Crippen molar-refractivity contribution < 1.29 is 0 Å². The number of nitrogens with zero attached hydrogens (tertiary/aromatic N) is 1. The number of allylic oxidation sites excluding steroid dienone is 5. The molecule has 0 aromatic rings. The molecule has 2 nitrogen and oxygen atoms in total. The third kappa shape index (κ3) is 5.37. The van der Waals surface area contributed by atoms with E-state index in [2.05, 4.69) is 18.3 Å². The summed E-state index contributed by atoms with van der Waals surface area (Å²) in [7, 11) is 0. The van der Waals surface area contributed by atoms with Crippen molar-refractivity contribution in [3.8, 4) is 0 Å². The molecule has 0 N–H and O–H groups in total. The zero-order chi connectivity index (χ0) is 14.7. The molecule has 0 spiro atoms. The maximum Gasteiger partial charge on any atom is 0.114 e. The van der Waals surface area contributed by atoms with Gasteiger partial charge in [-0.05, 0) is 42.5 Å². The first kappa shape index (κ1) is 17.6. The number of hydrogen-bond donors (Lipinski definition) is 0. The van der Waals surface area contributed by atoms with Gasteiger partial charge in [-0.25, -0.2) is 0 Å². The Morgan fingerprint density at radius 3 is 2.21 bits per heavy atom. The Morgan fingerprint density at radius 1 is 1.21 bits per heavy atom. The molecule has 0 unspecified atom stereocenters. The van der Waals surface area contributed by atoms with Crippen molar-refractivity contribution in [2.45, 2.75) is 52.9 Å². The molecule has 1 aliphatic carbocycles. The summed E-state index contributed by atoms with van der Waals surface area (Å²) in [6.45, 7) is 13.7. The largest absolute Gasteiger partial charge is 0.145 e. The Kier molecular flexibility index (Phi) is 9.69. The second-order valence-electron chi connectivity index (χ2n) is 4.45. The monoisotopic (exact) mass is 261 g/mol. The van der Waals surface area contributed by atoms with Crippen molar-refractivity contribution in [3.63, 3.8) is 0 Å². The molecule has 1 aliphatic rings. The van der Waals surface area contributed by atoms with Gasteiger partial charge in [-0.15, -0.1) is 4.91 Å². The van der Waals surface area contributed by atoms with Crippen LogP contribution in [0.5, 0.6) is 0 Å². The number of nitroso groups, excluding NO2 is 1. The molecule has 1 rings (SSSR count). The highest BCUT2D eigenvalue weighted by Gasteiger charge is 2.19. The Labute approximate surface area is 118 Å². The molecule has 0 amide bonds. The van der Waals surface area contributed by atoms with Crippen LogP contribution in [0, 0.1) is 10.8 Å². The lowest BCUT2D eigenvalue weighted by atomic mass is 9.81. The quantitative estimate of drug-likeness (QED) is 0.445. The zero-order valence-electron chi connectivity index (χ0n) is 12.6. The summed E-state index contributed by atoms with van der Waals surface area (Å²) < 4.78 is 0. The summed E-state index contributed by atoms with van der Waals surface area (Å²) in [6.07, 6.45) is 11.5. The van der Waals surface area contributed by atoms with E-state index in [1.165, 1.54) is 38.2 Å². The Balaban J connectivity index is 0.00000154. The molecule has 19 heavy (non-hydrogen) atoms. The zero-order valence-corrected chi connectivity index (χ0v) is 12.6. The number of hydrogen-bond acceptors (Lipinski definition) is 2. The third-order valence-corrected chi connectivity index (χ3v) is 3.34. The van der Waals surface area contributed by atoms with E-state index < -0.39 is 0 Å². The average molecular weight is 261 g/mol. The molecule has 0 heterocycles. The van der Waals surface area contributed by atoms with Crippen molar-refractivity contribution >= 4 is 0 Å². The molecule has 0 saturated heterocycles. The summed E-state index contributed by atoms with van der Waals surface area (Å²) in [4.78, 5) is 10.8. The predicted molar refractivity (Wildman–Crippen MR) is 84.9 cm³/mol. The van der Waals surface area contributed by atoms with Gasteiger partial charge >= 0.3 is 0 Å². The van der Waals surface area contributed by atoms with Crippen molar-refractivity contribution in [3.05, 3.63) is 53.1 Å². The molecule has 1 saturated carbocycles. The third-order valence-electron chi connectivity index (χ3n) is 3.34. The Hall–Kier alpha value is -1.44. The molecule has 0 aromatic carbocycles. The van der Waals surface area contributed by atoms with E-state index >= 15 is 0 Å². The van der Waals surface area contributed by atoms with E-state index in [0.717, 1.165) is 11.1 Å². The predicted octanol–water partition coefficient (Wildman–Crippen LogP) is 5.93. The normalized spacial score (nSPS) is 17.2. The molecule has 0 atom stereocenters. The highest BCUT2D eigenvalue weighted by Crippen LogP contribution is 2.34. The minimum Gasteiger partial charge on any atom is -0.145 e. The Bertz CT molecular complexity index is 347. The van der Waals surface area contributed by atoms with Gasteiger partial charge < -0.3 is 0 Å². The summed E-state index contributed by atoms with van der Waals surface area (Å²) in [5.41, 5.74) is 2.29. The fourth-order valence-corrected chi connectivity index (χ4v) is 2.39.